The minimum atomic E-state index is -0.594. The van der Waals surface area contributed by atoms with Crippen molar-refractivity contribution in [3.05, 3.63) is 35.9 Å². The average Bonchev–Trinajstić information content (AvgIpc) is 2.46. The number of carbonyl (C=O) groups is 1. The average molecular weight is 252 g/mol. The molecule has 1 aliphatic rings. The minimum Gasteiger partial charge on any atom is -0.457 e. The third-order valence-corrected chi connectivity index (χ3v) is 2.65. The number of hydrogen-bond donors (Lipinski definition) is 1. The summed E-state index contributed by atoms with van der Waals surface area (Å²) < 4.78 is 15.7. The molecule has 2 rings (SSSR count). The first-order valence-corrected chi connectivity index (χ1v) is 5.89. The standard InChI is InChI=1S/C13H16O5/c14-8-11-6-7-16-12(18-11)9-17-13(15)10-4-2-1-3-5-10/h1-5,11-12,14H,6-9H2/t11-,12-/m0/s1. The summed E-state index contributed by atoms with van der Waals surface area (Å²) in [4.78, 5) is 11.7. The van der Waals surface area contributed by atoms with Gasteiger partial charge in [0.25, 0.3) is 0 Å². The molecule has 2 atom stereocenters. The van der Waals surface area contributed by atoms with Crippen molar-refractivity contribution in [2.24, 2.45) is 0 Å². The summed E-state index contributed by atoms with van der Waals surface area (Å²) in [5.74, 6) is -0.408. The number of hydrogen-bond acceptors (Lipinski definition) is 5. The molecule has 1 aromatic carbocycles. The summed E-state index contributed by atoms with van der Waals surface area (Å²) in [6, 6.07) is 8.73. The van der Waals surface area contributed by atoms with Gasteiger partial charge in [-0.2, -0.15) is 0 Å². The van der Waals surface area contributed by atoms with E-state index in [0.717, 1.165) is 0 Å². The van der Waals surface area contributed by atoms with E-state index in [2.05, 4.69) is 0 Å². The maximum atomic E-state index is 11.7. The quantitative estimate of drug-likeness (QED) is 0.809. The van der Waals surface area contributed by atoms with Gasteiger partial charge >= 0.3 is 5.97 Å². The Hall–Kier alpha value is -1.43. The van der Waals surface area contributed by atoms with Crippen LogP contribution in [-0.2, 0) is 14.2 Å². The van der Waals surface area contributed by atoms with Gasteiger partial charge in [-0.05, 0) is 18.6 Å². The molecule has 0 amide bonds. The Morgan fingerprint density at radius 2 is 2.17 bits per heavy atom. The van der Waals surface area contributed by atoms with Crippen molar-refractivity contribution in [3.63, 3.8) is 0 Å². The Morgan fingerprint density at radius 3 is 2.89 bits per heavy atom. The first-order valence-electron chi connectivity index (χ1n) is 5.89. The van der Waals surface area contributed by atoms with Crippen LogP contribution in [0.2, 0.25) is 0 Å². The molecule has 0 bridgehead atoms. The van der Waals surface area contributed by atoms with Crippen molar-refractivity contribution >= 4 is 5.97 Å². The zero-order valence-electron chi connectivity index (χ0n) is 9.95. The Labute approximate surface area is 105 Å². The van der Waals surface area contributed by atoms with E-state index in [1.54, 1.807) is 24.3 Å². The molecule has 0 unspecified atom stereocenters. The lowest BCUT2D eigenvalue weighted by Crippen LogP contribution is -2.37. The normalized spacial score (nSPS) is 23.6. The SMILES string of the molecule is O=C(OC[C@H]1OCC[C@@H](CO)O1)c1ccccc1. The summed E-state index contributed by atoms with van der Waals surface area (Å²) in [6.07, 6.45) is -0.178. The Balaban J connectivity index is 1.79. The Bertz CT molecular complexity index is 378. The van der Waals surface area contributed by atoms with E-state index in [-0.39, 0.29) is 19.3 Å². The lowest BCUT2D eigenvalue weighted by Gasteiger charge is -2.28. The van der Waals surface area contributed by atoms with E-state index < -0.39 is 12.3 Å². The lowest BCUT2D eigenvalue weighted by atomic mass is 10.2. The summed E-state index contributed by atoms with van der Waals surface area (Å²) in [7, 11) is 0. The van der Waals surface area contributed by atoms with Crippen molar-refractivity contribution in [1.82, 2.24) is 0 Å². The predicted molar refractivity (Wildman–Crippen MR) is 63.0 cm³/mol. The van der Waals surface area contributed by atoms with Crippen LogP contribution in [0.5, 0.6) is 0 Å². The van der Waals surface area contributed by atoms with Crippen LogP contribution in [0.25, 0.3) is 0 Å². The Morgan fingerprint density at radius 1 is 1.39 bits per heavy atom. The fraction of sp³-hybridized carbons (Fsp3) is 0.462. The van der Waals surface area contributed by atoms with Crippen LogP contribution in [0.15, 0.2) is 30.3 Å². The number of rotatable bonds is 4. The molecule has 1 heterocycles. The van der Waals surface area contributed by atoms with Crippen LogP contribution in [0.3, 0.4) is 0 Å². The Kier molecular flexibility index (Phi) is 4.69. The highest BCUT2D eigenvalue weighted by Gasteiger charge is 2.23. The van der Waals surface area contributed by atoms with Crippen molar-refractivity contribution in [2.75, 3.05) is 19.8 Å². The predicted octanol–water partition coefficient (Wildman–Crippen LogP) is 0.967. The number of carbonyl (C=O) groups excluding carboxylic acids is 1. The van der Waals surface area contributed by atoms with Gasteiger partial charge in [0.2, 0.25) is 0 Å². The molecule has 98 valence electrons. The summed E-state index contributed by atoms with van der Waals surface area (Å²) in [5.41, 5.74) is 0.493. The van der Waals surface area contributed by atoms with Crippen molar-refractivity contribution < 1.29 is 24.1 Å². The molecule has 1 saturated heterocycles. The van der Waals surface area contributed by atoms with Crippen LogP contribution >= 0.6 is 0 Å². The lowest BCUT2D eigenvalue weighted by molar-refractivity contribution is -0.232. The van der Waals surface area contributed by atoms with Gasteiger partial charge in [0, 0.05) is 0 Å². The third kappa shape index (κ3) is 3.53. The van der Waals surface area contributed by atoms with E-state index in [1.165, 1.54) is 0 Å². The van der Waals surface area contributed by atoms with E-state index in [4.69, 9.17) is 19.3 Å². The molecule has 1 aromatic rings. The van der Waals surface area contributed by atoms with Gasteiger partial charge in [-0.25, -0.2) is 4.79 Å². The number of aliphatic hydroxyl groups excluding tert-OH is 1. The maximum absolute atomic E-state index is 11.7. The summed E-state index contributed by atoms with van der Waals surface area (Å²) >= 11 is 0. The molecular formula is C13H16O5. The fourth-order valence-electron chi connectivity index (χ4n) is 1.68. The molecule has 0 spiro atoms. The van der Waals surface area contributed by atoms with Gasteiger partial charge in [0.05, 0.1) is 24.9 Å². The monoisotopic (exact) mass is 252 g/mol. The van der Waals surface area contributed by atoms with Gasteiger partial charge in [-0.3, -0.25) is 0 Å². The van der Waals surface area contributed by atoms with Gasteiger partial charge in [0.15, 0.2) is 6.29 Å². The van der Waals surface area contributed by atoms with Crippen molar-refractivity contribution in [1.29, 1.82) is 0 Å². The van der Waals surface area contributed by atoms with Gasteiger partial charge in [-0.15, -0.1) is 0 Å². The molecule has 0 aromatic heterocycles. The second-order valence-corrected chi connectivity index (χ2v) is 3.99. The number of benzene rings is 1. The van der Waals surface area contributed by atoms with Crippen LogP contribution in [0, 0.1) is 0 Å². The third-order valence-electron chi connectivity index (χ3n) is 2.65. The molecular weight excluding hydrogens is 236 g/mol. The molecule has 1 N–H and O–H groups in total. The van der Waals surface area contributed by atoms with Crippen molar-refractivity contribution in [2.45, 2.75) is 18.8 Å². The smallest absolute Gasteiger partial charge is 0.338 e. The number of aliphatic hydroxyl groups is 1. The number of ether oxygens (including phenoxy) is 3. The summed E-state index contributed by atoms with van der Waals surface area (Å²) in [5, 5.41) is 8.98. The molecule has 5 nitrogen and oxygen atoms in total. The summed E-state index contributed by atoms with van der Waals surface area (Å²) in [6.45, 7) is 0.482. The molecule has 18 heavy (non-hydrogen) atoms. The first kappa shape index (κ1) is 13.0. The second kappa shape index (κ2) is 6.49. The first-order chi connectivity index (χ1) is 8.79. The minimum absolute atomic E-state index is 0.0320. The molecule has 1 fully saturated rings. The van der Waals surface area contributed by atoms with Gasteiger partial charge in [-0.1, -0.05) is 18.2 Å². The zero-order chi connectivity index (χ0) is 12.8. The van der Waals surface area contributed by atoms with E-state index in [9.17, 15) is 4.79 Å². The molecule has 0 radical (unpaired) electrons. The highest BCUT2D eigenvalue weighted by atomic mass is 16.7. The topological polar surface area (TPSA) is 65.0 Å². The van der Waals surface area contributed by atoms with E-state index >= 15 is 0 Å². The van der Waals surface area contributed by atoms with Crippen molar-refractivity contribution in [3.8, 4) is 0 Å². The fourth-order valence-corrected chi connectivity index (χ4v) is 1.68. The molecule has 0 aliphatic carbocycles. The van der Waals surface area contributed by atoms with Crippen LogP contribution in [0.1, 0.15) is 16.8 Å². The van der Waals surface area contributed by atoms with Crippen LogP contribution < -0.4 is 0 Å². The highest BCUT2D eigenvalue weighted by molar-refractivity contribution is 5.89. The van der Waals surface area contributed by atoms with E-state index in [1.807, 2.05) is 6.07 Å². The maximum Gasteiger partial charge on any atom is 0.338 e. The largest absolute Gasteiger partial charge is 0.457 e. The molecule has 1 aliphatic heterocycles. The highest BCUT2D eigenvalue weighted by Crippen LogP contribution is 2.13. The van der Waals surface area contributed by atoms with Crippen LogP contribution in [-0.4, -0.2) is 43.3 Å². The second-order valence-electron chi connectivity index (χ2n) is 3.99. The number of esters is 1. The van der Waals surface area contributed by atoms with Gasteiger partial charge < -0.3 is 19.3 Å². The van der Waals surface area contributed by atoms with Gasteiger partial charge in [0.1, 0.15) is 6.61 Å². The zero-order valence-corrected chi connectivity index (χ0v) is 9.95. The molecule has 0 saturated carbocycles. The van der Waals surface area contributed by atoms with Crippen LogP contribution in [0.4, 0.5) is 0 Å². The molecule has 5 heteroatoms. The van der Waals surface area contributed by atoms with E-state index in [0.29, 0.717) is 18.6 Å².